The van der Waals surface area contributed by atoms with Crippen molar-refractivity contribution in [2.24, 2.45) is 5.92 Å². The summed E-state index contributed by atoms with van der Waals surface area (Å²) in [5.74, 6) is -1.50. The standard InChI is InChI=1S/C23H23F5N4O2/c1-13(2)20(12-33)31-22-30-19(15-4-3-5-18(8-15)34-23(26,27)28)10-21(32-22)29-11-14-6-16(24)9-17(25)7-14/h3-10,13,20,33H,11-12H2,1-2H3,(H2,29,30,31,32)/t20-/m0/s1. The molecule has 0 amide bonds. The number of nitrogens with zero attached hydrogens (tertiary/aromatic N) is 2. The molecule has 0 fully saturated rings. The normalized spacial score (nSPS) is 12.5. The van der Waals surface area contributed by atoms with Gasteiger partial charge in [0.1, 0.15) is 23.2 Å². The Kier molecular flexibility index (Phi) is 7.87. The van der Waals surface area contributed by atoms with E-state index in [0.717, 1.165) is 24.3 Å². The van der Waals surface area contributed by atoms with Crippen molar-refractivity contribution < 1.29 is 31.8 Å². The van der Waals surface area contributed by atoms with Crippen LogP contribution in [0.15, 0.2) is 48.5 Å². The van der Waals surface area contributed by atoms with E-state index in [1.54, 1.807) is 6.07 Å². The molecule has 0 aliphatic carbocycles. The van der Waals surface area contributed by atoms with Gasteiger partial charge in [-0.05, 0) is 35.7 Å². The highest BCUT2D eigenvalue weighted by atomic mass is 19.4. The van der Waals surface area contributed by atoms with Crippen LogP contribution in [0.25, 0.3) is 11.3 Å². The molecular weight excluding hydrogens is 459 g/mol. The van der Waals surface area contributed by atoms with Crippen LogP contribution >= 0.6 is 0 Å². The maximum absolute atomic E-state index is 13.5. The van der Waals surface area contributed by atoms with Crippen LogP contribution in [0.2, 0.25) is 0 Å². The summed E-state index contributed by atoms with van der Waals surface area (Å²) in [6.45, 7) is 3.58. The summed E-state index contributed by atoms with van der Waals surface area (Å²) < 4.78 is 68.9. The molecule has 6 nitrogen and oxygen atoms in total. The van der Waals surface area contributed by atoms with E-state index in [0.29, 0.717) is 11.1 Å². The topological polar surface area (TPSA) is 79.3 Å². The summed E-state index contributed by atoms with van der Waals surface area (Å²) >= 11 is 0. The van der Waals surface area contributed by atoms with Gasteiger partial charge in [0.15, 0.2) is 0 Å². The molecule has 11 heteroatoms. The largest absolute Gasteiger partial charge is 0.573 e. The fourth-order valence-electron chi connectivity index (χ4n) is 3.10. The minimum absolute atomic E-state index is 0.0208. The van der Waals surface area contributed by atoms with Crippen molar-refractivity contribution in [1.29, 1.82) is 0 Å². The number of anilines is 2. The molecule has 34 heavy (non-hydrogen) atoms. The Balaban J connectivity index is 1.94. The second-order valence-corrected chi connectivity index (χ2v) is 7.85. The van der Waals surface area contributed by atoms with Crippen LogP contribution in [0.1, 0.15) is 19.4 Å². The maximum atomic E-state index is 13.5. The van der Waals surface area contributed by atoms with E-state index in [9.17, 15) is 27.1 Å². The van der Waals surface area contributed by atoms with E-state index in [1.807, 2.05) is 13.8 Å². The predicted molar refractivity (Wildman–Crippen MR) is 117 cm³/mol. The first kappa shape index (κ1) is 25.2. The molecule has 0 radical (unpaired) electrons. The number of ether oxygens (including phenoxy) is 1. The molecule has 0 aliphatic heterocycles. The van der Waals surface area contributed by atoms with Gasteiger partial charge in [-0.1, -0.05) is 26.0 Å². The number of hydrogen-bond acceptors (Lipinski definition) is 6. The number of aliphatic hydroxyl groups excluding tert-OH is 1. The number of benzene rings is 2. The molecule has 1 aromatic heterocycles. The lowest BCUT2D eigenvalue weighted by Gasteiger charge is -2.21. The first-order valence-electron chi connectivity index (χ1n) is 10.3. The molecule has 182 valence electrons. The molecule has 3 N–H and O–H groups in total. The Morgan fingerprint density at radius 2 is 1.71 bits per heavy atom. The zero-order valence-electron chi connectivity index (χ0n) is 18.3. The van der Waals surface area contributed by atoms with E-state index >= 15 is 0 Å². The molecule has 3 aromatic rings. The van der Waals surface area contributed by atoms with Gasteiger partial charge in [0.25, 0.3) is 0 Å². The highest BCUT2D eigenvalue weighted by Crippen LogP contribution is 2.29. The lowest BCUT2D eigenvalue weighted by atomic mass is 10.1. The second-order valence-electron chi connectivity index (χ2n) is 7.85. The summed E-state index contributed by atoms with van der Waals surface area (Å²) in [5, 5.41) is 15.6. The van der Waals surface area contributed by atoms with Gasteiger partial charge in [0, 0.05) is 24.2 Å². The Morgan fingerprint density at radius 1 is 1.00 bits per heavy atom. The van der Waals surface area contributed by atoms with Crippen LogP contribution in [-0.4, -0.2) is 34.1 Å². The number of aliphatic hydroxyl groups is 1. The minimum atomic E-state index is -4.85. The molecule has 1 heterocycles. The fraction of sp³-hybridized carbons (Fsp3) is 0.304. The molecular formula is C23H23F5N4O2. The third-order valence-electron chi connectivity index (χ3n) is 4.80. The third-order valence-corrected chi connectivity index (χ3v) is 4.80. The van der Waals surface area contributed by atoms with E-state index in [-0.39, 0.29) is 42.6 Å². The number of rotatable bonds is 9. The van der Waals surface area contributed by atoms with Crippen molar-refractivity contribution >= 4 is 11.8 Å². The van der Waals surface area contributed by atoms with Crippen molar-refractivity contribution in [2.45, 2.75) is 32.8 Å². The van der Waals surface area contributed by atoms with Gasteiger partial charge in [0.05, 0.1) is 18.3 Å². The van der Waals surface area contributed by atoms with Crippen molar-refractivity contribution in [2.75, 3.05) is 17.2 Å². The highest BCUT2D eigenvalue weighted by molar-refractivity contribution is 5.66. The zero-order valence-corrected chi connectivity index (χ0v) is 18.3. The maximum Gasteiger partial charge on any atom is 0.573 e. The molecule has 0 unspecified atom stereocenters. The van der Waals surface area contributed by atoms with E-state index in [1.165, 1.54) is 18.2 Å². The van der Waals surface area contributed by atoms with Crippen LogP contribution in [0, 0.1) is 17.6 Å². The molecule has 0 bridgehead atoms. The summed E-state index contributed by atoms with van der Waals surface area (Å²) in [6.07, 6.45) is -4.85. The third kappa shape index (κ3) is 7.27. The number of hydrogen-bond donors (Lipinski definition) is 3. The van der Waals surface area contributed by atoms with Crippen molar-refractivity contribution in [3.63, 3.8) is 0 Å². The minimum Gasteiger partial charge on any atom is -0.406 e. The van der Waals surface area contributed by atoms with Crippen molar-refractivity contribution in [1.82, 2.24) is 9.97 Å². The number of nitrogens with one attached hydrogen (secondary N) is 2. The Labute approximate surface area is 192 Å². The average Bonchev–Trinajstić information content (AvgIpc) is 2.74. The molecule has 3 rings (SSSR count). The Morgan fingerprint density at radius 3 is 2.32 bits per heavy atom. The molecule has 0 saturated carbocycles. The zero-order chi connectivity index (χ0) is 24.9. The Bertz CT molecular complexity index is 1100. The number of alkyl halides is 3. The lowest BCUT2D eigenvalue weighted by molar-refractivity contribution is -0.274. The van der Waals surface area contributed by atoms with E-state index in [4.69, 9.17) is 0 Å². The van der Waals surface area contributed by atoms with Gasteiger partial charge >= 0.3 is 6.36 Å². The quantitative estimate of drug-likeness (QED) is 0.357. The molecule has 0 spiro atoms. The molecule has 2 aromatic carbocycles. The van der Waals surface area contributed by atoms with Gasteiger partial charge in [-0.3, -0.25) is 0 Å². The van der Waals surface area contributed by atoms with Crippen LogP contribution in [0.5, 0.6) is 5.75 Å². The van der Waals surface area contributed by atoms with Crippen LogP contribution in [0.3, 0.4) is 0 Å². The molecule has 1 atom stereocenters. The smallest absolute Gasteiger partial charge is 0.406 e. The van der Waals surface area contributed by atoms with Crippen LogP contribution in [-0.2, 0) is 6.54 Å². The highest BCUT2D eigenvalue weighted by Gasteiger charge is 2.31. The number of halogens is 5. The van der Waals surface area contributed by atoms with Gasteiger partial charge in [-0.2, -0.15) is 4.98 Å². The van der Waals surface area contributed by atoms with Crippen LogP contribution < -0.4 is 15.4 Å². The van der Waals surface area contributed by atoms with E-state index in [2.05, 4.69) is 25.3 Å². The second kappa shape index (κ2) is 10.6. The van der Waals surface area contributed by atoms with Crippen molar-refractivity contribution in [3.8, 4) is 17.0 Å². The summed E-state index contributed by atoms with van der Waals surface area (Å²) in [7, 11) is 0. The summed E-state index contributed by atoms with van der Waals surface area (Å²) in [5.41, 5.74) is 0.902. The van der Waals surface area contributed by atoms with E-state index < -0.39 is 23.7 Å². The monoisotopic (exact) mass is 482 g/mol. The van der Waals surface area contributed by atoms with Crippen molar-refractivity contribution in [3.05, 3.63) is 65.7 Å². The predicted octanol–water partition coefficient (Wildman–Crippen LogP) is 5.36. The first-order valence-corrected chi connectivity index (χ1v) is 10.3. The van der Waals surface area contributed by atoms with Gasteiger partial charge in [-0.15, -0.1) is 13.2 Å². The first-order chi connectivity index (χ1) is 16.0. The summed E-state index contributed by atoms with van der Waals surface area (Å²) in [6, 6.07) is 9.45. The van der Waals surface area contributed by atoms with Gasteiger partial charge < -0.3 is 20.5 Å². The van der Waals surface area contributed by atoms with Gasteiger partial charge in [0.2, 0.25) is 5.95 Å². The van der Waals surface area contributed by atoms with Gasteiger partial charge in [-0.25, -0.2) is 13.8 Å². The fourth-order valence-corrected chi connectivity index (χ4v) is 3.10. The SMILES string of the molecule is CC(C)[C@H](CO)Nc1nc(NCc2cc(F)cc(F)c2)cc(-c2cccc(OC(F)(F)F)c2)n1. The number of aromatic nitrogens is 2. The summed E-state index contributed by atoms with van der Waals surface area (Å²) in [4.78, 5) is 8.69. The molecule has 0 saturated heterocycles. The van der Waals surface area contributed by atoms with Crippen LogP contribution in [0.4, 0.5) is 33.7 Å². The lowest BCUT2D eigenvalue weighted by Crippen LogP contribution is -2.30. The molecule has 0 aliphatic rings. The average molecular weight is 482 g/mol. The Hall–Kier alpha value is -3.47.